The third kappa shape index (κ3) is 4.80. The topological polar surface area (TPSA) is 60.1 Å². The first-order chi connectivity index (χ1) is 15.5. The third-order valence-electron chi connectivity index (χ3n) is 5.30. The number of halogens is 3. The number of amides is 1. The Morgan fingerprint density at radius 2 is 1.88 bits per heavy atom. The van der Waals surface area contributed by atoms with Gasteiger partial charge in [0, 0.05) is 11.4 Å². The highest BCUT2D eigenvalue weighted by molar-refractivity contribution is 6.42. The highest BCUT2D eigenvalue weighted by atomic mass is 35.5. The molecule has 2 heterocycles. The molecule has 0 aliphatic carbocycles. The minimum Gasteiger partial charge on any atom is -0.467 e. The minimum atomic E-state index is -0.477. The summed E-state index contributed by atoms with van der Waals surface area (Å²) in [6.45, 7) is 2.36. The fraction of sp³-hybridized carbons (Fsp3) is 0.250. The molecule has 4 aromatic rings. The number of hydrogen-bond acceptors (Lipinski definition) is 3. The fourth-order valence-corrected chi connectivity index (χ4v) is 4.30. The number of nitrogens with zero attached hydrogens (tertiary/aromatic N) is 2. The summed E-state index contributed by atoms with van der Waals surface area (Å²) < 4.78 is 7.31. The second-order valence-corrected chi connectivity index (χ2v) is 8.74. The van der Waals surface area contributed by atoms with Crippen LogP contribution in [-0.2, 0) is 17.8 Å². The number of aromatic nitrogens is 2. The zero-order valence-electron chi connectivity index (χ0n) is 17.4. The summed E-state index contributed by atoms with van der Waals surface area (Å²) in [5.74, 6) is 1.29. The molecule has 0 spiro atoms. The molecule has 2 aromatic carbocycles. The largest absolute Gasteiger partial charge is 0.467 e. The molecule has 32 heavy (non-hydrogen) atoms. The van der Waals surface area contributed by atoms with Crippen LogP contribution in [0.4, 0.5) is 0 Å². The lowest BCUT2D eigenvalue weighted by Gasteiger charge is -2.21. The molecule has 0 aliphatic rings. The van der Waals surface area contributed by atoms with Gasteiger partial charge in [0.05, 0.1) is 33.9 Å². The highest BCUT2D eigenvalue weighted by Gasteiger charge is 2.26. The van der Waals surface area contributed by atoms with Gasteiger partial charge in [0.15, 0.2) is 0 Å². The van der Waals surface area contributed by atoms with Crippen molar-refractivity contribution in [3.05, 3.63) is 87.0 Å². The second kappa shape index (κ2) is 9.99. The summed E-state index contributed by atoms with van der Waals surface area (Å²) in [4.78, 5) is 18.1. The predicted molar refractivity (Wildman–Crippen MR) is 129 cm³/mol. The summed E-state index contributed by atoms with van der Waals surface area (Å²) in [5, 5.41) is 4.47. The van der Waals surface area contributed by atoms with Gasteiger partial charge >= 0.3 is 0 Å². The van der Waals surface area contributed by atoms with Crippen LogP contribution >= 0.6 is 34.8 Å². The molecule has 8 heteroatoms. The monoisotopic (exact) mass is 489 g/mol. The third-order valence-corrected chi connectivity index (χ3v) is 6.40. The zero-order valence-corrected chi connectivity index (χ0v) is 19.7. The first-order valence-electron chi connectivity index (χ1n) is 10.4. The van der Waals surface area contributed by atoms with E-state index in [-0.39, 0.29) is 5.91 Å². The van der Waals surface area contributed by atoms with E-state index in [1.807, 2.05) is 41.8 Å². The molecule has 1 N–H and O–H groups in total. The molecule has 1 atom stereocenters. The Kier molecular flexibility index (Phi) is 7.09. The average Bonchev–Trinajstić information content (AvgIpc) is 3.40. The lowest BCUT2D eigenvalue weighted by Crippen LogP contribution is -2.33. The van der Waals surface area contributed by atoms with E-state index in [4.69, 9.17) is 44.2 Å². The number of furan rings is 1. The molecule has 0 saturated heterocycles. The molecule has 0 radical (unpaired) electrons. The summed E-state index contributed by atoms with van der Waals surface area (Å²) in [6.07, 6.45) is 3.49. The van der Waals surface area contributed by atoms with Gasteiger partial charge in [-0.25, -0.2) is 4.98 Å². The maximum Gasteiger partial charge on any atom is 0.243 e. The molecule has 166 valence electrons. The highest BCUT2D eigenvalue weighted by Crippen LogP contribution is 2.33. The van der Waals surface area contributed by atoms with E-state index in [0.717, 1.165) is 23.3 Å². The van der Waals surface area contributed by atoms with Crippen LogP contribution in [0.25, 0.3) is 11.0 Å². The van der Waals surface area contributed by atoms with Crippen LogP contribution in [-0.4, -0.2) is 15.5 Å². The summed E-state index contributed by atoms with van der Waals surface area (Å²) in [7, 11) is 0. The summed E-state index contributed by atoms with van der Waals surface area (Å²) >= 11 is 19.0. The van der Waals surface area contributed by atoms with Gasteiger partial charge in [0.2, 0.25) is 5.91 Å². The van der Waals surface area contributed by atoms with Crippen LogP contribution in [0.3, 0.4) is 0 Å². The predicted octanol–water partition coefficient (Wildman–Crippen LogP) is 6.84. The Balaban J connectivity index is 1.78. The zero-order chi connectivity index (χ0) is 22.7. The average molecular weight is 491 g/mol. The standard InChI is InChI=1S/C24H22Cl3N3O2/c1-2-6-21(24(31)28-14-16-8-5-10-32-16)30-22-13-19(27)18(26)12-20(22)29-23(30)11-15-7-3-4-9-17(15)25/h3-5,7-10,12-13,21H,2,6,11,14H2,1H3,(H,28,31)/t21-/m1/s1. The van der Waals surface area contributed by atoms with Crippen molar-refractivity contribution in [3.63, 3.8) is 0 Å². The van der Waals surface area contributed by atoms with Crippen LogP contribution in [0.5, 0.6) is 0 Å². The lowest BCUT2D eigenvalue weighted by atomic mass is 10.1. The van der Waals surface area contributed by atoms with Crippen LogP contribution in [0.15, 0.2) is 59.2 Å². The summed E-state index contributed by atoms with van der Waals surface area (Å²) in [5.41, 5.74) is 2.36. The van der Waals surface area contributed by atoms with Crippen LogP contribution in [0, 0.1) is 0 Å². The van der Waals surface area contributed by atoms with E-state index in [0.29, 0.717) is 45.7 Å². The molecule has 1 amide bonds. The van der Waals surface area contributed by atoms with Crippen molar-refractivity contribution in [3.8, 4) is 0 Å². The molecule has 0 aliphatic heterocycles. The molecule has 0 saturated carbocycles. The van der Waals surface area contributed by atoms with Crippen LogP contribution < -0.4 is 5.32 Å². The normalized spacial score (nSPS) is 12.2. The molecule has 0 bridgehead atoms. The molecule has 2 aromatic heterocycles. The molecule has 4 rings (SSSR count). The smallest absolute Gasteiger partial charge is 0.243 e. The first-order valence-corrected chi connectivity index (χ1v) is 11.5. The number of nitrogens with one attached hydrogen (secondary N) is 1. The van der Waals surface area contributed by atoms with Crippen molar-refractivity contribution < 1.29 is 9.21 Å². The Labute approximate surface area is 201 Å². The van der Waals surface area contributed by atoms with E-state index in [1.165, 1.54) is 0 Å². The quantitative estimate of drug-likeness (QED) is 0.294. The molecule has 0 fully saturated rings. The maximum absolute atomic E-state index is 13.3. The lowest BCUT2D eigenvalue weighted by molar-refractivity contribution is -0.124. The van der Waals surface area contributed by atoms with Gasteiger partial charge in [-0.05, 0) is 42.3 Å². The first kappa shape index (κ1) is 22.7. The maximum atomic E-state index is 13.3. The van der Waals surface area contributed by atoms with Crippen LogP contribution in [0.2, 0.25) is 15.1 Å². The van der Waals surface area contributed by atoms with Crippen molar-refractivity contribution >= 4 is 51.7 Å². The summed E-state index contributed by atoms with van der Waals surface area (Å²) in [6, 6.07) is 14.3. The number of carbonyl (C=O) groups excluding carboxylic acids is 1. The van der Waals surface area contributed by atoms with Gasteiger partial charge in [-0.1, -0.05) is 66.3 Å². The molecule has 0 unspecified atom stereocenters. The van der Waals surface area contributed by atoms with E-state index in [9.17, 15) is 4.79 Å². The number of benzene rings is 2. The SMILES string of the molecule is CCC[C@H](C(=O)NCc1ccco1)n1c(Cc2ccccc2Cl)nc2cc(Cl)c(Cl)cc21. The van der Waals surface area contributed by atoms with E-state index in [1.54, 1.807) is 24.5 Å². The fourth-order valence-electron chi connectivity index (χ4n) is 3.78. The number of hydrogen-bond donors (Lipinski definition) is 1. The van der Waals surface area contributed by atoms with E-state index in [2.05, 4.69) is 5.32 Å². The van der Waals surface area contributed by atoms with Crippen molar-refractivity contribution in [1.82, 2.24) is 14.9 Å². The van der Waals surface area contributed by atoms with Gasteiger partial charge in [0.25, 0.3) is 0 Å². The van der Waals surface area contributed by atoms with Crippen LogP contribution in [0.1, 0.15) is 43.0 Å². The van der Waals surface area contributed by atoms with Crippen molar-refractivity contribution in [1.29, 1.82) is 0 Å². The van der Waals surface area contributed by atoms with Gasteiger partial charge in [-0.3, -0.25) is 4.79 Å². The molecular weight excluding hydrogens is 469 g/mol. The van der Waals surface area contributed by atoms with Gasteiger partial charge < -0.3 is 14.3 Å². The van der Waals surface area contributed by atoms with Gasteiger partial charge in [0.1, 0.15) is 17.6 Å². The van der Waals surface area contributed by atoms with Gasteiger partial charge in [-0.15, -0.1) is 0 Å². The number of rotatable bonds is 8. The van der Waals surface area contributed by atoms with Gasteiger partial charge in [-0.2, -0.15) is 0 Å². The number of carbonyl (C=O) groups is 1. The van der Waals surface area contributed by atoms with E-state index < -0.39 is 6.04 Å². The number of fused-ring (bicyclic) bond motifs is 1. The second-order valence-electron chi connectivity index (χ2n) is 7.52. The Morgan fingerprint density at radius 1 is 1.09 bits per heavy atom. The molecule has 5 nitrogen and oxygen atoms in total. The van der Waals surface area contributed by atoms with E-state index >= 15 is 0 Å². The molecular formula is C24H22Cl3N3O2. The van der Waals surface area contributed by atoms with Crippen molar-refractivity contribution in [2.45, 2.75) is 38.8 Å². The van der Waals surface area contributed by atoms with Crippen molar-refractivity contribution in [2.24, 2.45) is 0 Å². The Morgan fingerprint density at radius 3 is 2.59 bits per heavy atom. The number of imidazole rings is 1. The van der Waals surface area contributed by atoms with Crippen molar-refractivity contribution in [2.75, 3.05) is 0 Å². The Bertz CT molecular complexity index is 1240. The minimum absolute atomic E-state index is 0.117. The Hall–Kier alpha value is -2.47.